The van der Waals surface area contributed by atoms with Crippen molar-refractivity contribution in [3.05, 3.63) is 18.7 Å². The lowest BCUT2D eigenvalue weighted by atomic mass is 10.1. The second-order valence-corrected chi connectivity index (χ2v) is 8.09. The molecule has 0 amide bonds. The number of aryl methyl sites for hydroxylation is 2. The lowest BCUT2D eigenvalue weighted by Gasteiger charge is -2.01. The molecule has 0 aliphatic carbocycles. The van der Waals surface area contributed by atoms with Crippen molar-refractivity contribution in [1.29, 1.82) is 0 Å². The van der Waals surface area contributed by atoms with E-state index < -0.39 is 6.16 Å². The minimum atomic E-state index is -2.33. The van der Waals surface area contributed by atoms with Crippen molar-refractivity contribution in [3.63, 3.8) is 0 Å². The fourth-order valence-electron chi connectivity index (χ4n) is 3.56. The summed E-state index contributed by atoms with van der Waals surface area (Å²) in [5.74, 6) is 0. The second kappa shape index (κ2) is 21.2. The molecule has 0 atom stereocenters. The van der Waals surface area contributed by atoms with E-state index in [0.717, 1.165) is 0 Å². The van der Waals surface area contributed by atoms with Crippen LogP contribution in [0.4, 0.5) is 4.79 Å². The standard InChI is InChI=1S/C23H45N2.CH2O3/c1-3-5-7-9-11-12-13-14-16-18-20-25-22-21-24(23-25)19-17-15-10-8-6-4-2;2-1(3)4/h21-23H,3-20H2,1-2H3;(H2,2,3,4)/q+1;/p-1. The topological polar surface area (TPSA) is 72.0 Å². The van der Waals surface area contributed by atoms with E-state index in [9.17, 15) is 0 Å². The Morgan fingerprint density at radius 2 is 1.17 bits per heavy atom. The van der Waals surface area contributed by atoms with Crippen LogP contribution < -0.4 is 14.8 Å². The van der Waals surface area contributed by atoms with Crippen molar-refractivity contribution in [2.45, 2.75) is 130 Å². The van der Waals surface area contributed by atoms with E-state index in [1.165, 1.54) is 116 Å². The molecule has 0 aliphatic rings. The zero-order valence-electron chi connectivity index (χ0n) is 20.1. The van der Waals surface area contributed by atoms with Crippen LogP contribution in [0.2, 0.25) is 0 Å². The summed E-state index contributed by atoms with van der Waals surface area (Å²) < 4.78 is 4.75. The number of hydrogen-bond donors (Lipinski definition) is 0. The van der Waals surface area contributed by atoms with Crippen LogP contribution in [0.25, 0.3) is 0 Å². The summed E-state index contributed by atoms with van der Waals surface area (Å²) in [7, 11) is 0. The Morgan fingerprint density at radius 1 is 0.759 bits per heavy atom. The Hall–Kier alpha value is -1.52. The number of carbonyl (C=O) groups excluding carboxylic acids is 1. The Kier molecular flexibility index (Phi) is 20.1. The van der Waals surface area contributed by atoms with Gasteiger partial charge in [-0.15, -0.1) is 0 Å². The molecule has 0 saturated heterocycles. The van der Waals surface area contributed by atoms with Gasteiger partial charge in [-0.2, -0.15) is 0 Å². The highest BCUT2D eigenvalue weighted by Gasteiger charge is 2.03. The molecule has 1 heterocycles. The molecule has 0 unspecified atom stereocenters. The van der Waals surface area contributed by atoms with Gasteiger partial charge < -0.3 is 15.0 Å². The van der Waals surface area contributed by atoms with E-state index in [-0.39, 0.29) is 1.43 Å². The molecular formula is C24H46N2O3. The number of aromatic nitrogens is 2. The first-order chi connectivity index (χ1) is 14.1. The normalized spacial score (nSPS) is 10.6. The number of hydrogen-bond acceptors (Lipinski definition) is 3. The highest BCUT2D eigenvalue weighted by atomic mass is 16.6. The number of rotatable bonds is 18. The average molecular weight is 411 g/mol. The molecule has 0 saturated carbocycles. The molecule has 29 heavy (non-hydrogen) atoms. The third-order valence-corrected chi connectivity index (χ3v) is 5.29. The van der Waals surface area contributed by atoms with Gasteiger partial charge in [0, 0.05) is 0 Å². The summed E-state index contributed by atoms with van der Waals surface area (Å²) in [5.41, 5.74) is 0. The number of unbranched alkanes of at least 4 members (excludes halogenated alkanes) is 14. The molecule has 170 valence electrons. The van der Waals surface area contributed by atoms with Gasteiger partial charge in [-0.1, -0.05) is 90.9 Å². The molecule has 1 rings (SSSR count). The molecule has 0 aliphatic heterocycles. The Morgan fingerprint density at radius 3 is 1.66 bits per heavy atom. The maximum Gasteiger partial charge on any atom is 1.00 e. The number of imidazole rings is 1. The van der Waals surface area contributed by atoms with Crippen LogP contribution in [0.1, 0.15) is 118 Å². The van der Waals surface area contributed by atoms with E-state index in [1.54, 1.807) is 0 Å². The molecule has 0 radical (unpaired) electrons. The first-order valence-corrected chi connectivity index (χ1v) is 12.0. The zero-order chi connectivity index (χ0) is 21.6. The fourth-order valence-corrected chi connectivity index (χ4v) is 3.56. The fraction of sp³-hybridized carbons (Fsp3) is 0.833. The molecule has 1 aromatic rings. The predicted octanol–water partition coefficient (Wildman–Crippen LogP) is 4.72. The van der Waals surface area contributed by atoms with Gasteiger partial charge in [-0.25, -0.2) is 9.13 Å². The molecule has 0 aromatic carbocycles. The molecular weight excluding hydrogens is 364 g/mol. The van der Waals surface area contributed by atoms with E-state index >= 15 is 0 Å². The van der Waals surface area contributed by atoms with Crippen molar-refractivity contribution >= 4 is 6.16 Å². The van der Waals surface area contributed by atoms with Crippen LogP contribution in [0.15, 0.2) is 18.7 Å². The zero-order valence-corrected chi connectivity index (χ0v) is 19.1. The third kappa shape index (κ3) is 21.0. The number of carboxylic acid groups (broad SMARTS) is 2. The first-order valence-electron chi connectivity index (χ1n) is 12.0. The number of nitrogens with zero attached hydrogens (tertiary/aromatic N) is 2. The van der Waals surface area contributed by atoms with Crippen LogP contribution in [0.3, 0.4) is 0 Å². The number of carbonyl (C=O) groups is 1. The molecule has 0 spiro atoms. The van der Waals surface area contributed by atoms with Crippen molar-refractivity contribution in [2.24, 2.45) is 0 Å². The highest BCUT2D eigenvalue weighted by molar-refractivity contribution is 5.47. The maximum absolute atomic E-state index is 8.33. The summed E-state index contributed by atoms with van der Waals surface area (Å²) >= 11 is 0. The van der Waals surface area contributed by atoms with E-state index in [4.69, 9.17) is 15.0 Å². The van der Waals surface area contributed by atoms with Crippen LogP contribution >= 0.6 is 0 Å². The van der Waals surface area contributed by atoms with Gasteiger partial charge in [0.15, 0.2) is 0 Å². The lowest BCUT2D eigenvalue weighted by molar-refractivity contribution is -0.696. The Labute approximate surface area is 180 Å². The van der Waals surface area contributed by atoms with Gasteiger partial charge in [0.25, 0.3) is 0 Å². The molecule has 0 fully saturated rings. The van der Waals surface area contributed by atoms with Crippen molar-refractivity contribution < 1.29 is 21.0 Å². The van der Waals surface area contributed by atoms with Gasteiger partial charge >= 0.3 is 1.43 Å². The second-order valence-electron chi connectivity index (χ2n) is 8.09. The summed E-state index contributed by atoms with van der Waals surface area (Å²) in [5, 5.41) is 16.7. The predicted molar refractivity (Wildman–Crippen MR) is 116 cm³/mol. The smallest absolute Gasteiger partial charge is 0.652 e. The van der Waals surface area contributed by atoms with Crippen LogP contribution in [-0.2, 0) is 13.1 Å². The van der Waals surface area contributed by atoms with Gasteiger partial charge in [0.1, 0.15) is 12.4 Å². The molecule has 1 aromatic heterocycles. The Balaban J connectivity index is 0. The van der Waals surface area contributed by atoms with E-state index in [2.05, 4.69) is 41.7 Å². The summed E-state index contributed by atoms with van der Waals surface area (Å²) in [6.07, 6.45) is 27.0. The molecule has 5 nitrogen and oxygen atoms in total. The van der Waals surface area contributed by atoms with Gasteiger partial charge in [-0.05, 0) is 31.8 Å². The molecule has 5 heteroatoms. The van der Waals surface area contributed by atoms with Crippen molar-refractivity contribution in [3.8, 4) is 0 Å². The van der Waals surface area contributed by atoms with Crippen molar-refractivity contribution in [1.82, 2.24) is 4.57 Å². The summed E-state index contributed by atoms with van der Waals surface area (Å²) in [6.45, 7) is 6.96. The monoisotopic (exact) mass is 410 g/mol. The maximum atomic E-state index is 8.33. The first kappa shape index (κ1) is 27.5. The average Bonchev–Trinajstić information content (AvgIpc) is 3.13. The molecule has 0 N–H and O–H groups in total. The third-order valence-electron chi connectivity index (χ3n) is 5.29. The van der Waals surface area contributed by atoms with Crippen LogP contribution in [-0.4, -0.2) is 10.7 Å². The SMILES string of the molecule is CCCCCCCCCCCC[n+]1ccn(CCCCCCCC)c1.O=C([O-])[O-].[H+]. The van der Waals surface area contributed by atoms with Gasteiger partial charge in [0.05, 0.1) is 13.1 Å². The largest absolute Gasteiger partial charge is 1.00 e. The highest BCUT2D eigenvalue weighted by Crippen LogP contribution is 2.10. The lowest BCUT2D eigenvalue weighted by Crippen LogP contribution is -2.37. The Bertz CT molecular complexity index is 477. The van der Waals surface area contributed by atoms with E-state index in [1.807, 2.05) is 0 Å². The van der Waals surface area contributed by atoms with Crippen LogP contribution in [0, 0.1) is 0 Å². The minimum absolute atomic E-state index is 0. The summed E-state index contributed by atoms with van der Waals surface area (Å²) in [6, 6.07) is 0. The quantitative estimate of drug-likeness (QED) is 0.260. The van der Waals surface area contributed by atoms with E-state index in [0.29, 0.717) is 0 Å². The van der Waals surface area contributed by atoms with Gasteiger partial charge in [-0.3, -0.25) is 0 Å². The van der Waals surface area contributed by atoms with Crippen molar-refractivity contribution in [2.75, 3.05) is 0 Å². The van der Waals surface area contributed by atoms with Crippen LogP contribution in [0.5, 0.6) is 0 Å². The minimum Gasteiger partial charge on any atom is -0.652 e. The summed E-state index contributed by atoms with van der Waals surface area (Å²) in [4.78, 5) is 8.33. The molecule has 0 bridgehead atoms. The van der Waals surface area contributed by atoms with Gasteiger partial charge in [0.2, 0.25) is 6.33 Å².